The Balaban J connectivity index is 1.33. The first-order chi connectivity index (χ1) is 18.2. The molecule has 1 fully saturated rings. The minimum Gasteiger partial charge on any atom is -0.354 e. The predicted octanol–water partition coefficient (Wildman–Crippen LogP) is 3.49. The van der Waals surface area contributed by atoms with Gasteiger partial charge in [-0.2, -0.15) is 0 Å². The monoisotopic (exact) mass is 556 g/mol. The molecule has 1 aromatic carbocycles. The number of likely N-dealkylation sites (N-methyl/N-ethyl adjacent to an activating group) is 1. The maximum Gasteiger partial charge on any atom is 0.280 e. The number of aromatic nitrogens is 2. The molecule has 3 atom stereocenters. The number of halogens is 1. The molecule has 3 aromatic rings. The van der Waals surface area contributed by atoms with E-state index >= 15 is 0 Å². The van der Waals surface area contributed by atoms with Crippen LogP contribution in [0.15, 0.2) is 24.3 Å². The molecule has 3 amide bonds. The number of hydrogen-bond donors (Lipinski definition) is 4. The molecule has 38 heavy (non-hydrogen) atoms. The van der Waals surface area contributed by atoms with Crippen LogP contribution in [0.5, 0.6) is 0 Å². The molecule has 1 saturated carbocycles. The lowest BCUT2D eigenvalue weighted by molar-refractivity contribution is -0.126. The van der Waals surface area contributed by atoms with Crippen molar-refractivity contribution in [3.63, 3.8) is 0 Å². The highest BCUT2D eigenvalue weighted by atomic mass is 35.5. The van der Waals surface area contributed by atoms with Gasteiger partial charge in [-0.25, -0.2) is 4.98 Å². The standard InChI is InChI=1S/C27H33ClN6O3S/c1-14(2)29-24(35)15-4-6-19(31-26(37)27-33-20-8-9-34(3)13-23(20)38-27)21(11-15)32-25(36)22-12-16-10-17(28)5-7-18(16)30-22/h5,7,10,12,14-15,19,21,30H,4,6,8-9,11,13H2,1-3H3,(H,29,35)(H,31,37)(H,32,36)/t15-,19?,21?/m0/s1. The number of hydrogen-bond acceptors (Lipinski definition) is 6. The van der Waals surface area contributed by atoms with Crippen molar-refractivity contribution in [3.8, 4) is 0 Å². The maximum absolute atomic E-state index is 13.3. The van der Waals surface area contributed by atoms with Crippen LogP contribution in [0.1, 0.15) is 64.0 Å². The number of benzene rings is 1. The fraction of sp³-hybridized carbons (Fsp3) is 0.481. The molecule has 3 heterocycles. The van der Waals surface area contributed by atoms with Crippen molar-refractivity contribution < 1.29 is 14.4 Å². The number of carbonyl (C=O) groups excluding carboxylic acids is 3. The Hall–Kier alpha value is -2.95. The Morgan fingerprint density at radius 2 is 1.92 bits per heavy atom. The van der Waals surface area contributed by atoms with E-state index in [9.17, 15) is 14.4 Å². The van der Waals surface area contributed by atoms with Crippen molar-refractivity contribution in [2.45, 2.75) is 64.2 Å². The molecule has 2 aliphatic rings. The van der Waals surface area contributed by atoms with Crippen LogP contribution in [0.2, 0.25) is 5.02 Å². The summed E-state index contributed by atoms with van der Waals surface area (Å²) in [5, 5.41) is 11.1. The smallest absolute Gasteiger partial charge is 0.280 e. The van der Waals surface area contributed by atoms with Crippen molar-refractivity contribution in [2.75, 3.05) is 13.6 Å². The summed E-state index contributed by atoms with van der Waals surface area (Å²) in [7, 11) is 2.06. The van der Waals surface area contributed by atoms with Crippen LogP contribution in [0.3, 0.4) is 0 Å². The minimum atomic E-state index is -0.418. The zero-order chi connectivity index (χ0) is 27.0. The molecular formula is C27H33ClN6O3S. The molecule has 11 heteroatoms. The average Bonchev–Trinajstić information content (AvgIpc) is 3.48. The zero-order valence-corrected chi connectivity index (χ0v) is 23.3. The number of H-pyrrole nitrogens is 1. The second-order valence-corrected chi connectivity index (χ2v) is 12.1. The second kappa shape index (κ2) is 11.0. The van der Waals surface area contributed by atoms with Crippen molar-refractivity contribution >= 4 is 51.6 Å². The van der Waals surface area contributed by atoms with Gasteiger partial charge in [0.1, 0.15) is 5.69 Å². The molecule has 2 aromatic heterocycles. The normalized spacial score (nSPS) is 21.8. The Labute approximate surface area is 230 Å². The Morgan fingerprint density at radius 3 is 2.71 bits per heavy atom. The highest BCUT2D eigenvalue weighted by Gasteiger charge is 2.37. The first-order valence-electron chi connectivity index (χ1n) is 13.0. The molecule has 1 aliphatic heterocycles. The molecule has 0 saturated heterocycles. The second-order valence-electron chi connectivity index (χ2n) is 10.6. The van der Waals surface area contributed by atoms with Gasteiger partial charge >= 0.3 is 0 Å². The van der Waals surface area contributed by atoms with Crippen LogP contribution < -0.4 is 16.0 Å². The third kappa shape index (κ3) is 5.87. The van der Waals surface area contributed by atoms with Gasteiger partial charge in [0, 0.05) is 58.3 Å². The van der Waals surface area contributed by atoms with Gasteiger partial charge < -0.3 is 25.8 Å². The lowest BCUT2D eigenvalue weighted by atomic mass is 9.81. The van der Waals surface area contributed by atoms with Crippen molar-refractivity contribution in [1.82, 2.24) is 30.8 Å². The summed E-state index contributed by atoms with van der Waals surface area (Å²) in [5.74, 6) is -0.804. The van der Waals surface area contributed by atoms with Crippen LogP contribution in [0.25, 0.3) is 10.9 Å². The van der Waals surface area contributed by atoms with Crippen molar-refractivity contribution in [1.29, 1.82) is 0 Å². The van der Waals surface area contributed by atoms with E-state index in [-0.39, 0.29) is 35.7 Å². The highest BCUT2D eigenvalue weighted by Crippen LogP contribution is 2.28. The first-order valence-corrected chi connectivity index (χ1v) is 14.2. The molecule has 1 aliphatic carbocycles. The largest absolute Gasteiger partial charge is 0.354 e. The summed E-state index contributed by atoms with van der Waals surface area (Å²) in [5.41, 5.74) is 2.20. The van der Waals surface area contributed by atoms with Gasteiger partial charge in [-0.3, -0.25) is 14.4 Å². The summed E-state index contributed by atoms with van der Waals surface area (Å²) in [6, 6.07) is 6.44. The van der Waals surface area contributed by atoms with E-state index in [4.69, 9.17) is 11.6 Å². The Morgan fingerprint density at radius 1 is 1.13 bits per heavy atom. The fourth-order valence-electron chi connectivity index (χ4n) is 5.27. The van der Waals surface area contributed by atoms with Gasteiger partial charge in [-0.05, 0) is 64.4 Å². The fourth-order valence-corrected chi connectivity index (χ4v) is 6.54. The Bertz CT molecular complexity index is 1370. The van der Waals surface area contributed by atoms with Crippen molar-refractivity contribution in [3.05, 3.63) is 50.6 Å². The molecule has 5 rings (SSSR count). The molecule has 9 nitrogen and oxygen atoms in total. The van der Waals surface area contributed by atoms with Gasteiger partial charge in [0.05, 0.1) is 11.7 Å². The van der Waals surface area contributed by atoms with Gasteiger partial charge in [0.15, 0.2) is 5.01 Å². The van der Waals surface area contributed by atoms with E-state index in [2.05, 4.69) is 37.9 Å². The molecule has 0 spiro atoms. The van der Waals surface area contributed by atoms with Crippen LogP contribution in [-0.2, 0) is 17.8 Å². The van der Waals surface area contributed by atoms with Crippen molar-refractivity contribution in [2.24, 2.45) is 5.92 Å². The van der Waals surface area contributed by atoms with Gasteiger partial charge in [0.25, 0.3) is 11.8 Å². The molecule has 4 N–H and O–H groups in total. The third-order valence-electron chi connectivity index (χ3n) is 7.23. The van der Waals surface area contributed by atoms with E-state index in [0.29, 0.717) is 35.0 Å². The quantitative estimate of drug-likeness (QED) is 0.370. The SMILES string of the molecule is CC(C)NC(=O)[C@H]1CCC(NC(=O)c2nc3c(s2)CN(C)CC3)C(NC(=O)c2cc3cc(Cl)ccc3[nH]2)C1. The van der Waals surface area contributed by atoms with E-state index < -0.39 is 6.04 Å². The number of amides is 3. The first kappa shape index (κ1) is 26.6. The summed E-state index contributed by atoms with van der Waals surface area (Å²) in [6.45, 7) is 5.58. The predicted molar refractivity (Wildman–Crippen MR) is 149 cm³/mol. The number of nitrogens with one attached hydrogen (secondary N) is 4. The molecule has 0 bridgehead atoms. The molecule has 202 valence electrons. The van der Waals surface area contributed by atoms with E-state index in [1.165, 1.54) is 11.3 Å². The number of rotatable bonds is 6. The lowest BCUT2D eigenvalue weighted by Gasteiger charge is -2.36. The molecule has 2 unspecified atom stereocenters. The zero-order valence-electron chi connectivity index (χ0n) is 21.8. The summed E-state index contributed by atoms with van der Waals surface area (Å²) in [4.78, 5) is 50.4. The molecule has 0 radical (unpaired) electrons. The summed E-state index contributed by atoms with van der Waals surface area (Å²) in [6.07, 6.45) is 2.46. The summed E-state index contributed by atoms with van der Waals surface area (Å²) < 4.78 is 0. The van der Waals surface area contributed by atoms with Crippen LogP contribution in [-0.4, -0.2) is 64.3 Å². The van der Waals surface area contributed by atoms with Gasteiger partial charge in [0.2, 0.25) is 5.91 Å². The minimum absolute atomic E-state index is 0.0269. The number of fused-ring (bicyclic) bond motifs is 2. The van der Waals surface area contributed by atoms with Crippen LogP contribution in [0.4, 0.5) is 0 Å². The van der Waals surface area contributed by atoms with E-state index in [0.717, 1.165) is 41.0 Å². The van der Waals surface area contributed by atoms with E-state index in [1.54, 1.807) is 18.2 Å². The lowest BCUT2D eigenvalue weighted by Crippen LogP contribution is -2.56. The average molecular weight is 557 g/mol. The third-order valence-corrected chi connectivity index (χ3v) is 8.55. The topological polar surface area (TPSA) is 119 Å². The van der Waals surface area contributed by atoms with Gasteiger partial charge in [-0.15, -0.1) is 11.3 Å². The van der Waals surface area contributed by atoms with E-state index in [1.807, 2.05) is 19.9 Å². The number of aromatic amines is 1. The van der Waals surface area contributed by atoms with Crippen LogP contribution >= 0.6 is 22.9 Å². The summed E-state index contributed by atoms with van der Waals surface area (Å²) >= 11 is 7.54. The highest BCUT2D eigenvalue weighted by molar-refractivity contribution is 7.13. The number of thiazole rings is 1. The van der Waals surface area contributed by atoms with Gasteiger partial charge in [-0.1, -0.05) is 11.6 Å². The number of carbonyl (C=O) groups is 3. The number of nitrogens with zero attached hydrogens (tertiary/aromatic N) is 2. The maximum atomic E-state index is 13.3. The molecular weight excluding hydrogens is 524 g/mol. The Kier molecular flexibility index (Phi) is 7.74. The van der Waals surface area contributed by atoms with Crippen LogP contribution in [0, 0.1) is 5.92 Å².